The lowest BCUT2D eigenvalue weighted by Gasteiger charge is -2.33. The Hall–Kier alpha value is -1.51. The lowest BCUT2D eigenvalue weighted by atomic mass is 9.81. The fraction of sp³-hybridized carbons (Fsp3) is 0.722. The van der Waals surface area contributed by atoms with E-state index in [2.05, 4.69) is 9.88 Å². The van der Waals surface area contributed by atoms with Gasteiger partial charge in [-0.2, -0.15) is 0 Å². The van der Waals surface area contributed by atoms with Gasteiger partial charge in [0.15, 0.2) is 0 Å². The first-order valence-corrected chi connectivity index (χ1v) is 10.1. The molecule has 3 aliphatic heterocycles. The molecule has 8 heteroatoms. The number of likely N-dealkylation sites (tertiary alicyclic amines) is 2. The van der Waals surface area contributed by atoms with Crippen LogP contribution in [-0.2, 0) is 20.7 Å². The summed E-state index contributed by atoms with van der Waals surface area (Å²) in [6.07, 6.45) is 2.19. The maximum atomic E-state index is 12.7. The molecule has 2 atom stereocenters. The Bertz CT molecular complexity index is 702. The lowest BCUT2D eigenvalue weighted by molar-refractivity contribution is -0.149. The van der Waals surface area contributed by atoms with Crippen LogP contribution in [0.15, 0.2) is 5.38 Å². The molecule has 0 spiro atoms. The van der Waals surface area contributed by atoms with Gasteiger partial charge in [0.05, 0.1) is 17.1 Å². The largest absolute Gasteiger partial charge is 0.481 e. The Kier molecular flexibility index (Phi) is 4.75. The maximum Gasteiger partial charge on any atom is 0.313 e. The number of rotatable bonds is 4. The number of carboxylic acid groups (broad SMARTS) is 1. The van der Waals surface area contributed by atoms with Gasteiger partial charge in [0.2, 0.25) is 5.91 Å². The Morgan fingerprint density at radius 1 is 1.35 bits per heavy atom. The van der Waals surface area contributed by atoms with Gasteiger partial charge in [-0.15, -0.1) is 11.3 Å². The summed E-state index contributed by atoms with van der Waals surface area (Å²) in [7, 11) is 0. The van der Waals surface area contributed by atoms with Crippen LogP contribution < -0.4 is 0 Å². The number of aliphatic carboxylic acids is 1. The lowest BCUT2D eigenvalue weighted by Crippen LogP contribution is -2.45. The minimum atomic E-state index is -0.827. The maximum absolute atomic E-state index is 12.7. The quantitative estimate of drug-likeness (QED) is 0.841. The summed E-state index contributed by atoms with van der Waals surface area (Å²) in [4.78, 5) is 33.3. The molecule has 1 amide bonds. The number of carbonyl (C=O) groups excluding carboxylic acids is 1. The van der Waals surface area contributed by atoms with Crippen LogP contribution in [0.4, 0.5) is 0 Å². The van der Waals surface area contributed by atoms with E-state index in [0.717, 1.165) is 43.3 Å². The second kappa shape index (κ2) is 6.90. The van der Waals surface area contributed by atoms with E-state index in [0.29, 0.717) is 25.7 Å². The SMILES string of the molecule is Cc1nc(CC(=O)N2C[C@@H]3CN(C4CCOCC4)C[C@]3(C(=O)O)C2)cs1. The zero-order valence-corrected chi connectivity index (χ0v) is 15.8. The van der Waals surface area contributed by atoms with Crippen molar-refractivity contribution in [2.24, 2.45) is 11.3 Å². The van der Waals surface area contributed by atoms with E-state index in [4.69, 9.17) is 4.74 Å². The number of nitrogens with zero attached hydrogens (tertiary/aromatic N) is 3. The van der Waals surface area contributed by atoms with Gasteiger partial charge in [-0.3, -0.25) is 14.5 Å². The van der Waals surface area contributed by atoms with Crippen molar-refractivity contribution in [3.63, 3.8) is 0 Å². The average Bonchev–Trinajstić information content (AvgIpc) is 3.28. The third kappa shape index (κ3) is 3.14. The van der Waals surface area contributed by atoms with Crippen molar-refractivity contribution >= 4 is 23.2 Å². The van der Waals surface area contributed by atoms with Crippen LogP contribution in [0.3, 0.4) is 0 Å². The fourth-order valence-corrected chi connectivity index (χ4v) is 5.29. The summed E-state index contributed by atoms with van der Waals surface area (Å²) in [5.41, 5.74) is -0.0471. The van der Waals surface area contributed by atoms with Crippen LogP contribution in [0.2, 0.25) is 0 Å². The first-order valence-electron chi connectivity index (χ1n) is 9.22. The van der Waals surface area contributed by atoms with E-state index in [9.17, 15) is 14.7 Å². The zero-order chi connectivity index (χ0) is 18.3. The predicted molar refractivity (Wildman–Crippen MR) is 96.1 cm³/mol. The molecular weight excluding hydrogens is 354 g/mol. The molecule has 3 saturated heterocycles. The van der Waals surface area contributed by atoms with Gasteiger partial charge in [0.1, 0.15) is 5.41 Å². The number of thiazole rings is 1. The van der Waals surface area contributed by atoms with Gasteiger partial charge in [-0.25, -0.2) is 4.98 Å². The van der Waals surface area contributed by atoms with Gasteiger partial charge < -0.3 is 14.7 Å². The van der Waals surface area contributed by atoms with Gasteiger partial charge in [-0.05, 0) is 19.8 Å². The Balaban J connectivity index is 1.44. The normalized spacial score (nSPS) is 29.9. The number of hydrogen-bond donors (Lipinski definition) is 1. The third-order valence-corrected chi connectivity index (χ3v) is 6.94. The van der Waals surface area contributed by atoms with E-state index in [-0.39, 0.29) is 18.2 Å². The molecule has 0 radical (unpaired) electrons. The van der Waals surface area contributed by atoms with Crippen molar-refractivity contribution in [2.45, 2.75) is 32.2 Å². The highest BCUT2D eigenvalue weighted by atomic mass is 32.1. The molecule has 3 fully saturated rings. The second-order valence-electron chi connectivity index (χ2n) is 7.74. The van der Waals surface area contributed by atoms with E-state index in [1.165, 1.54) is 11.3 Å². The monoisotopic (exact) mass is 379 g/mol. The summed E-state index contributed by atoms with van der Waals surface area (Å²) in [5, 5.41) is 12.8. The molecular formula is C18H25N3O4S. The van der Waals surface area contributed by atoms with E-state index < -0.39 is 11.4 Å². The molecule has 4 rings (SSSR count). The van der Waals surface area contributed by atoms with Crippen LogP contribution in [-0.4, -0.2) is 77.2 Å². The van der Waals surface area contributed by atoms with Crippen LogP contribution in [0, 0.1) is 18.3 Å². The fourth-order valence-electron chi connectivity index (χ4n) is 4.68. The first-order chi connectivity index (χ1) is 12.5. The molecule has 142 valence electrons. The first kappa shape index (κ1) is 17.9. The van der Waals surface area contributed by atoms with Crippen LogP contribution in [0.25, 0.3) is 0 Å². The second-order valence-corrected chi connectivity index (χ2v) is 8.80. The smallest absolute Gasteiger partial charge is 0.313 e. The number of fused-ring (bicyclic) bond motifs is 1. The van der Waals surface area contributed by atoms with Crippen molar-refractivity contribution in [2.75, 3.05) is 39.4 Å². The molecule has 3 aliphatic rings. The van der Waals surface area contributed by atoms with Crippen LogP contribution in [0.5, 0.6) is 0 Å². The van der Waals surface area contributed by atoms with Crippen LogP contribution >= 0.6 is 11.3 Å². The molecule has 0 aliphatic carbocycles. The number of hydrogen-bond acceptors (Lipinski definition) is 6. The zero-order valence-electron chi connectivity index (χ0n) is 15.0. The number of amides is 1. The number of aromatic nitrogens is 1. The molecule has 26 heavy (non-hydrogen) atoms. The van der Waals surface area contributed by atoms with E-state index in [1.54, 1.807) is 4.90 Å². The van der Waals surface area contributed by atoms with Gasteiger partial charge in [0.25, 0.3) is 0 Å². The van der Waals surface area contributed by atoms with Crippen molar-refractivity contribution in [1.82, 2.24) is 14.8 Å². The molecule has 4 heterocycles. The standard InChI is InChI=1S/C18H25N3O4S/c1-12-19-14(9-26-12)6-16(22)21-8-13-7-20(15-2-4-25-5-3-15)10-18(13,11-21)17(23)24/h9,13,15H,2-8,10-11H2,1H3,(H,23,24)/t13-,18-/m0/s1. The van der Waals surface area contributed by atoms with E-state index in [1.807, 2.05) is 12.3 Å². The predicted octanol–water partition coefficient (Wildman–Crippen LogP) is 1.02. The highest BCUT2D eigenvalue weighted by Gasteiger charge is 2.59. The molecule has 0 aromatic carbocycles. The molecule has 1 aromatic rings. The Labute approximate surface area is 156 Å². The topological polar surface area (TPSA) is 83.0 Å². The average molecular weight is 379 g/mol. The summed E-state index contributed by atoms with van der Waals surface area (Å²) in [6.45, 7) is 5.58. The Morgan fingerprint density at radius 3 is 2.73 bits per heavy atom. The number of aryl methyl sites for hydroxylation is 1. The van der Waals surface area contributed by atoms with Crippen molar-refractivity contribution < 1.29 is 19.4 Å². The van der Waals surface area contributed by atoms with E-state index >= 15 is 0 Å². The third-order valence-electron chi connectivity index (χ3n) is 6.12. The van der Waals surface area contributed by atoms with Gasteiger partial charge in [0, 0.05) is 56.7 Å². The highest BCUT2D eigenvalue weighted by Crippen LogP contribution is 2.44. The Morgan fingerprint density at radius 2 is 2.12 bits per heavy atom. The molecule has 0 unspecified atom stereocenters. The molecule has 1 aromatic heterocycles. The molecule has 0 saturated carbocycles. The molecule has 1 N–H and O–H groups in total. The highest BCUT2D eigenvalue weighted by molar-refractivity contribution is 7.09. The van der Waals surface area contributed by atoms with Gasteiger partial charge in [-0.1, -0.05) is 0 Å². The molecule has 7 nitrogen and oxygen atoms in total. The summed E-state index contributed by atoms with van der Waals surface area (Å²) < 4.78 is 5.43. The van der Waals surface area contributed by atoms with Crippen molar-refractivity contribution in [3.05, 3.63) is 16.1 Å². The summed E-state index contributed by atoms with van der Waals surface area (Å²) in [6, 6.07) is 0.410. The number of carboxylic acids is 1. The van der Waals surface area contributed by atoms with Crippen molar-refractivity contribution in [3.8, 4) is 0 Å². The van der Waals surface area contributed by atoms with Crippen LogP contribution in [0.1, 0.15) is 23.5 Å². The van der Waals surface area contributed by atoms with Crippen molar-refractivity contribution in [1.29, 1.82) is 0 Å². The summed E-state index contributed by atoms with van der Waals surface area (Å²) >= 11 is 1.53. The molecule has 0 bridgehead atoms. The number of carbonyl (C=O) groups is 2. The number of ether oxygens (including phenoxy) is 1. The van der Waals surface area contributed by atoms with Gasteiger partial charge >= 0.3 is 5.97 Å². The summed E-state index contributed by atoms with van der Waals surface area (Å²) in [5.74, 6) is -0.774. The minimum absolute atomic E-state index is 0.00367. The minimum Gasteiger partial charge on any atom is -0.481 e.